The second-order valence-electron chi connectivity index (χ2n) is 4.34. The Kier molecular flexibility index (Phi) is 4.04. The highest BCUT2D eigenvalue weighted by Crippen LogP contribution is 2.15. The smallest absolute Gasteiger partial charge is 0.255 e. The van der Waals surface area contributed by atoms with E-state index in [0.29, 0.717) is 18.7 Å². The highest BCUT2D eigenvalue weighted by molar-refractivity contribution is 7.89. The van der Waals surface area contributed by atoms with Gasteiger partial charge in [-0.3, -0.25) is 4.68 Å². The van der Waals surface area contributed by atoms with Crippen molar-refractivity contribution in [3.8, 4) is 0 Å². The van der Waals surface area contributed by atoms with Crippen LogP contribution in [0.5, 0.6) is 0 Å². The number of nitrogens with one attached hydrogen (secondary N) is 1. The summed E-state index contributed by atoms with van der Waals surface area (Å²) in [7, 11) is -2.19. The fourth-order valence-corrected chi connectivity index (χ4v) is 3.61. The predicted molar refractivity (Wildman–Crippen MR) is 74.2 cm³/mol. The molecule has 2 rings (SSSR count). The van der Waals surface area contributed by atoms with E-state index in [2.05, 4.69) is 21.9 Å². The molecule has 0 saturated heterocycles. The molecule has 0 atom stereocenters. The van der Waals surface area contributed by atoms with Crippen molar-refractivity contribution in [1.29, 1.82) is 0 Å². The number of nitrogens with zero attached hydrogens (tertiary/aromatic N) is 2. The summed E-state index contributed by atoms with van der Waals surface area (Å²) in [4.78, 5) is 1.21. The molecule has 0 aromatic carbocycles. The summed E-state index contributed by atoms with van der Waals surface area (Å²) in [6, 6.07) is 2.10. The van der Waals surface area contributed by atoms with Crippen LogP contribution in [-0.2, 0) is 30.2 Å². The third kappa shape index (κ3) is 3.41. The molecule has 0 aliphatic rings. The summed E-state index contributed by atoms with van der Waals surface area (Å²) in [5.74, 6) is 0. The number of thiophene rings is 1. The van der Waals surface area contributed by atoms with Gasteiger partial charge in [0.2, 0.25) is 0 Å². The molecule has 0 radical (unpaired) electrons. The van der Waals surface area contributed by atoms with Crippen LogP contribution >= 0.6 is 11.3 Å². The first kappa shape index (κ1) is 14.2. The van der Waals surface area contributed by atoms with Gasteiger partial charge in [-0.2, -0.15) is 5.10 Å². The molecule has 6 nitrogen and oxygen atoms in total. The van der Waals surface area contributed by atoms with Gasteiger partial charge in [-0.1, -0.05) is 0 Å². The first-order valence-corrected chi connectivity index (χ1v) is 8.09. The zero-order valence-corrected chi connectivity index (χ0v) is 12.4. The van der Waals surface area contributed by atoms with E-state index in [1.165, 1.54) is 21.3 Å². The van der Waals surface area contributed by atoms with Crippen molar-refractivity contribution in [1.82, 2.24) is 15.1 Å². The zero-order chi connectivity index (χ0) is 14.0. The van der Waals surface area contributed by atoms with Crippen LogP contribution in [0.25, 0.3) is 0 Å². The van der Waals surface area contributed by atoms with Crippen molar-refractivity contribution in [3.63, 3.8) is 0 Å². The number of hydrogen-bond donors (Lipinski definition) is 2. The van der Waals surface area contributed by atoms with Crippen LogP contribution < -0.4 is 10.5 Å². The van der Waals surface area contributed by atoms with E-state index >= 15 is 0 Å². The average Bonchev–Trinajstić information content (AvgIpc) is 2.85. The molecule has 2 aromatic heterocycles. The van der Waals surface area contributed by atoms with Crippen LogP contribution in [0.4, 0.5) is 0 Å². The molecular weight excluding hydrogens is 284 g/mol. The second-order valence-corrected chi connectivity index (χ2v) is 6.81. The Morgan fingerprint density at radius 3 is 2.79 bits per heavy atom. The van der Waals surface area contributed by atoms with Crippen molar-refractivity contribution in [2.45, 2.75) is 25.0 Å². The molecule has 0 fully saturated rings. The molecule has 0 aliphatic heterocycles. The van der Waals surface area contributed by atoms with E-state index < -0.39 is 10.0 Å². The lowest BCUT2D eigenvalue weighted by molar-refractivity contribution is 0.573. The summed E-state index contributed by atoms with van der Waals surface area (Å²) in [6.45, 7) is 3.15. The van der Waals surface area contributed by atoms with Gasteiger partial charge in [0.15, 0.2) is 5.03 Å². The number of rotatable bonds is 5. The van der Waals surface area contributed by atoms with Crippen molar-refractivity contribution in [2.75, 3.05) is 0 Å². The minimum absolute atomic E-state index is 0.0577. The van der Waals surface area contributed by atoms with Gasteiger partial charge < -0.3 is 5.32 Å². The van der Waals surface area contributed by atoms with E-state index in [1.807, 2.05) is 6.92 Å². The standard InChI is InChI=1S/C11H16N4O2S2/c1-8-3-10(18-7-8)6-13-4-9-5-14-15(2)11(9)19(12,16)17/h3,5,7,13H,4,6H2,1-2H3,(H2,12,16,17). The summed E-state index contributed by atoms with van der Waals surface area (Å²) in [6.07, 6.45) is 1.52. The minimum Gasteiger partial charge on any atom is -0.308 e. The average molecular weight is 300 g/mol. The summed E-state index contributed by atoms with van der Waals surface area (Å²) >= 11 is 1.67. The van der Waals surface area contributed by atoms with Crippen molar-refractivity contribution in [3.05, 3.63) is 33.6 Å². The van der Waals surface area contributed by atoms with E-state index in [0.717, 1.165) is 0 Å². The van der Waals surface area contributed by atoms with Gasteiger partial charge in [0.25, 0.3) is 10.0 Å². The van der Waals surface area contributed by atoms with Gasteiger partial charge in [-0.25, -0.2) is 13.6 Å². The molecule has 8 heteroatoms. The van der Waals surface area contributed by atoms with Crippen LogP contribution in [-0.4, -0.2) is 18.2 Å². The largest absolute Gasteiger partial charge is 0.308 e. The van der Waals surface area contributed by atoms with Crippen molar-refractivity contribution < 1.29 is 8.42 Å². The molecule has 19 heavy (non-hydrogen) atoms. The third-order valence-electron chi connectivity index (χ3n) is 2.62. The highest BCUT2D eigenvalue weighted by atomic mass is 32.2. The highest BCUT2D eigenvalue weighted by Gasteiger charge is 2.18. The summed E-state index contributed by atoms with van der Waals surface area (Å²) in [5.41, 5.74) is 1.81. The first-order chi connectivity index (χ1) is 8.88. The maximum absolute atomic E-state index is 11.5. The molecule has 0 bridgehead atoms. The monoisotopic (exact) mass is 300 g/mol. The Hall–Kier alpha value is -1.22. The fourth-order valence-electron chi connectivity index (χ4n) is 1.86. The van der Waals surface area contributed by atoms with Gasteiger partial charge in [0.1, 0.15) is 0 Å². The van der Waals surface area contributed by atoms with Crippen LogP contribution in [0.3, 0.4) is 0 Å². The second kappa shape index (κ2) is 5.41. The Morgan fingerprint density at radius 2 is 2.21 bits per heavy atom. The van der Waals surface area contributed by atoms with Crippen LogP contribution in [0, 0.1) is 6.92 Å². The number of sulfonamides is 1. The molecule has 0 amide bonds. The summed E-state index contributed by atoms with van der Waals surface area (Å²) < 4.78 is 24.2. The molecule has 2 aromatic rings. The Bertz CT molecular complexity index is 673. The van der Waals surface area contributed by atoms with Crippen LogP contribution in [0.1, 0.15) is 16.0 Å². The molecule has 0 aliphatic carbocycles. The Labute approximate surface area is 116 Å². The minimum atomic E-state index is -3.75. The van der Waals surface area contributed by atoms with Gasteiger partial charge in [-0.15, -0.1) is 11.3 Å². The van der Waals surface area contributed by atoms with Crippen molar-refractivity contribution in [2.24, 2.45) is 12.2 Å². The van der Waals surface area contributed by atoms with Crippen LogP contribution in [0.2, 0.25) is 0 Å². The lowest BCUT2D eigenvalue weighted by atomic mass is 10.3. The maximum Gasteiger partial charge on any atom is 0.255 e. The van der Waals surface area contributed by atoms with E-state index in [-0.39, 0.29) is 5.03 Å². The lowest BCUT2D eigenvalue weighted by Crippen LogP contribution is -2.20. The van der Waals surface area contributed by atoms with Crippen molar-refractivity contribution >= 4 is 21.4 Å². The topological polar surface area (TPSA) is 90.0 Å². The van der Waals surface area contributed by atoms with Gasteiger partial charge in [-0.05, 0) is 23.9 Å². The quantitative estimate of drug-likeness (QED) is 0.851. The molecule has 0 unspecified atom stereocenters. The van der Waals surface area contributed by atoms with E-state index in [9.17, 15) is 8.42 Å². The lowest BCUT2D eigenvalue weighted by Gasteiger charge is -2.04. The summed E-state index contributed by atoms with van der Waals surface area (Å²) in [5, 5.41) is 14.4. The SMILES string of the molecule is Cc1csc(CNCc2cnn(C)c2S(N)(=O)=O)c1. The van der Waals surface area contributed by atoms with Gasteiger partial charge in [0.05, 0.1) is 6.20 Å². The van der Waals surface area contributed by atoms with E-state index in [4.69, 9.17) is 5.14 Å². The molecule has 2 heterocycles. The Balaban J connectivity index is 2.04. The van der Waals surface area contributed by atoms with Crippen LogP contribution in [0.15, 0.2) is 22.7 Å². The number of nitrogens with two attached hydrogens (primary N) is 1. The number of aryl methyl sites for hydroxylation is 2. The first-order valence-electron chi connectivity index (χ1n) is 5.66. The molecule has 0 saturated carbocycles. The molecule has 104 valence electrons. The zero-order valence-electron chi connectivity index (χ0n) is 10.8. The normalized spacial score (nSPS) is 11.9. The third-order valence-corrected chi connectivity index (χ3v) is 4.74. The number of primary sulfonamides is 1. The van der Waals surface area contributed by atoms with E-state index in [1.54, 1.807) is 18.4 Å². The van der Waals surface area contributed by atoms with Gasteiger partial charge >= 0.3 is 0 Å². The molecular formula is C11H16N4O2S2. The molecule has 0 spiro atoms. The predicted octanol–water partition coefficient (Wildman–Crippen LogP) is 0.727. The molecule has 3 N–H and O–H groups in total. The fraction of sp³-hybridized carbons (Fsp3) is 0.364. The van der Waals surface area contributed by atoms with Gasteiger partial charge in [0, 0.05) is 30.6 Å². The number of hydrogen-bond acceptors (Lipinski definition) is 5. The maximum atomic E-state index is 11.5. The Morgan fingerprint density at radius 1 is 1.47 bits per heavy atom. The number of aromatic nitrogens is 2.